The molecule has 1 unspecified atom stereocenters. The van der Waals surface area contributed by atoms with Crippen molar-refractivity contribution in [1.82, 2.24) is 10.6 Å². The monoisotopic (exact) mass is 270 g/mol. The smallest absolute Gasteiger partial charge is 0.238 e. The highest BCUT2D eigenvalue weighted by molar-refractivity contribution is 7.99. The molecule has 0 radical (unpaired) electrons. The number of carbonyl (C=O) groups is 1. The van der Waals surface area contributed by atoms with Crippen molar-refractivity contribution in [3.05, 3.63) is 0 Å². The maximum atomic E-state index is 12.2. The zero-order valence-corrected chi connectivity index (χ0v) is 12.2. The predicted molar refractivity (Wildman–Crippen MR) is 77.9 cm³/mol. The lowest BCUT2D eigenvalue weighted by Crippen LogP contribution is -2.52. The summed E-state index contributed by atoms with van der Waals surface area (Å²) in [6, 6.07) is 0.362. The number of carbonyl (C=O) groups excluding carboxylic acids is 1. The Kier molecular flexibility index (Phi) is 5.83. The van der Waals surface area contributed by atoms with Gasteiger partial charge >= 0.3 is 0 Å². The van der Waals surface area contributed by atoms with Crippen LogP contribution in [-0.4, -0.2) is 36.0 Å². The van der Waals surface area contributed by atoms with E-state index in [1.54, 1.807) is 0 Å². The van der Waals surface area contributed by atoms with E-state index >= 15 is 0 Å². The molecule has 1 amide bonds. The summed E-state index contributed by atoms with van der Waals surface area (Å²) in [5.74, 6) is 2.94. The van der Waals surface area contributed by atoms with Crippen LogP contribution in [0, 0.1) is 5.92 Å². The third-order valence-electron chi connectivity index (χ3n) is 4.22. The SMILES string of the molecule is C[C@@H](NC(=O)C1CSCCN1)C1CCCCCC1. The van der Waals surface area contributed by atoms with E-state index in [2.05, 4.69) is 17.6 Å². The Labute approximate surface area is 115 Å². The largest absolute Gasteiger partial charge is 0.352 e. The lowest BCUT2D eigenvalue weighted by molar-refractivity contribution is -0.123. The molecule has 1 aliphatic heterocycles. The fraction of sp³-hybridized carbons (Fsp3) is 0.929. The van der Waals surface area contributed by atoms with E-state index in [0.717, 1.165) is 18.1 Å². The van der Waals surface area contributed by atoms with Crippen molar-refractivity contribution in [3.8, 4) is 0 Å². The molecule has 2 N–H and O–H groups in total. The van der Waals surface area contributed by atoms with Crippen molar-refractivity contribution in [2.45, 2.75) is 57.5 Å². The van der Waals surface area contributed by atoms with E-state index in [9.17, 15) is 4.79 Å². The van der Waals surface area contributed by atoms with Crippen molar-refractivity contribution in [2.75, 3.05) is 18.1 Å². The van der Waals surface area contributed by atoms with Crippen LogP contribution in [0.4, 0.5) is 0 Å². The summed E-state index contributed by atoms with van der Waals surface area (Å²) in [5.41, 5.74) is 0. The minimum absolute atomic E-state index is 0.0250. The Balaban J connectivity index is 1.77. The van der Waals surface area contributed by atoms with Crippen molar-refractivity contribution >= 4 is 17.7 Å². The Morgan fingerprint density at radius 2 is 2.00 bits per heavy atom. The topological polar surface area (TPSA) is 41.1 Å². The summed E-state index contributed by atoms with van der Waals surface area (Å²) in [4.78, 5) is 12.2. The summed E-state index contributed by atoms with van der Waals surface area (Å²) >= 11 is 1.87. The zero-order valence-electron chi connectivity index (χ0n) is 11.4. The fourth-order valence-corrected chi connectivity index (χ4v) is 3.92. The van der Waals surface area contributed by atoms with Crippen LogP contribution >= 0.6 is 11.8 Å². The molecule has 1 saturated heterocycles. The van der Waals surface area contributed by atoms with E-state index in [1.807, 2.05) is 11.8 Å². The molecule has 2 rings (SSSR count). The van der Waals surface area contributed by atoms with E-state index in [1.165, 1.54) is 38.5 Å². The summed E-state index contributed by atoms with van der Waals surface area (Å²) < 4.78 is 0. The van der Waals surface area contributed by atoms with Gasteiger partial charge in [-0.15, -0.1) is 0 Å². The summed E-state index contributed by atoms with van der Waals surface area (Å²) in [6.45, 7) is 3.14. The normalized spacial score (nSPS) is 28.4. The number of thioether (sulfide) groups is 1. The second-order valence-corrected chi connectivity index (χ2v) is 6.78. The molecule has 0 aromatic heterocycles. The van der Waals surface area contributed by atoms with Crippen LogP contribution < -0.4 is 10.6 Å². The third-order valence-corrected chi connectivity index (χ3v) is 5.28. The predicted octanol–water partition coefficient (Wildman–Crippen LogP) is 2.17. The average Bonchev–Trinajstić information content (AvgIpc) is 2.68. The van der Waals surface area contributed by atoms with Gasteiger partial charge in [0.15, 0.2) is 0 Å². The highest BCUT2D eigenvalue weighted by Crippen LogP contribution is 2.25. The summed E-state index contributed by atoms with van der Waals surface area (Å²) in [6.07, 6.45) is 7.99. The molecule has 18 heavy (non-hydrogen) atoms. The van der Waals surface area contributed by atoms with Gasteiger partial charge in [-0.05, 0) is 25.7 Å². The first-order valence-corrected chi connectivity index (χ1v) is 8.54. The molecule has 0 aromatic carbocycles. The molecule has 104 valence electrons. The molecule has 1 heterocycles. The van der Waals surface area contributed by atoms with E-state index < -0.39 is 0 Å². The number of amides is 1. The Hall–Kier alpha value is -0.220. The minimum atomic E-state index is 0.0250. The molecular weight excluding hydrogens is 244 g/mol. The van der Waals surface area contributed by atoms with Crippen LogP contribution in [0.25, 0.3) is 0 Å². The van der Waals surface area contributed by atoms with Crippen LogP contribution in [0.5, 0.6) is 0 Å². The van der Waals surface area contributed by atoms with Gasteiger partial charge < -0.3 is 10.6 Å². The molecule has 1 aliphatic carbocycles. The van der Waals surface area contributed by atoms with E-state index in [4.69, 9.17) is 0 Å². The zero-order chi connectivity index (χ0) is 12.8. The van der Waals surface area contributed by atoms with Gasteiger partial charge in [0, 0.05) is 24.1 Å². The molecule has 2 atom stereocenters. The molecule has 0 bridgehead atoms. The van der Waals surface area contributed by atoms with Gasteiger partial charge in [-0.3, -0.25) is 4.79 Å². The highest BCUT2D eigenvalue weighted by Gasteiger charge is 2.25. The highest BCUT2D eigenvalue weighted by atomic mass is 32.2. The van der Waals surface area contributed by atoms with E-state index in [-0.39, 0.29) is 11.9 Å². The molecule has 4 heteroatoms. The quantitative estimate of drug-likeness (QED) is 0.772. The van der Waals surface area contributed by atoms with Gasteiger partial charge in [-0.1, -0.05) is 25.7 Å². The van der Waals surface area contributed by atoms with Crippen LogP contribution in [0.2, 0.25) is 0 Å². The van der Waals surface area contributed by atoms with Gasteiger partial charge in [0.05, 0.1) is 6.04 Å². The molecule has 0 spiro atoms. The third kappa shape index (κ3) is 4.16. The lowest BCUT2D eigenvalue weighted by Gasteiger charge is -2.28. The second kappa shape index (κ2) is 7.39. The standard InChI is InChI=1S/C14H26N2OS/c1-11(12-6-4-2-3-5-7-12)16-14(17)13-10-18-9-8-15-13/h11-13,15H,2-10H2,1H3,(H,16,17)/t11-,13?/m1/s1. The average molecular weight is 270 g/mol. The van der Waals surface area contributed by atoms with Crippen LogP contribution in [0.15, 0.2) is 0 Å². The number of hydrogen-bond acceptors (Lipinski definition) is 3. The Morgan fingerprint density at radius 3 is 2.61 bits per heavy atom. The fourth-order valence-electron chi connectivity index (χ4n) is 2.99. The molecule has 2 aliphatic rings. The van der Waals surface area contributed by atoms with Gasteiger partial charge in [0.1, 0.15) is 0 Å². The lowest BCUT2D eigenvalue weighted by atomic mass is 9.93. The maximum absolute atomic E-state index is 12.2. The molecule has 2 fully saturated rings. The van der Waals surface area contributed by atoms with Crippen molar-refractivity contribution < 1.29 is 4.79 Å². The second-order valence-electron chi connectivity index (χ2n) is 5.63. The number of rotatable bonds is 3. The van der Waals surface area contributed by atoms with Gasteiger partial charge in [0.2, 0.25) is 5.91 Å². The molecular formula is C14H26N2OS. The molecule has 0 aromatic rings. The van der Waals surface area contributed by atoms with Gasteiger partial charge in [-0.2, -0.15) is 11.8 Å². The molecule has 1 saturated carbocycles. The summed E-state index contributed by atoms with van der Waals surface area (Å²) in [5, 5.41) is 6.54. The Morgan fingerprint density at radius 1 is 1.28 bits per heavy atom. The maximum Gasteiger partial charge on any atom is 0.238 e. The van der Waals surface area contributed by atoms with Crippen LogP contribution in [0.3, 0.4) is 0 Å². The number of nitrogens with one attached hydrogen (secondary N) is 2. The first-order chi connectivity index (χ1) is 8.77. The van der Waals surface area contributed by atoms with Crippen molar-refractivity contribution in [3.63, 3.8) is 0 Å². The van der Waals surface area contributed by atoms with Crippen molar-refractivity contribution in [1.29, 1.82) is 0 Å². The van der Waals surface area contributed by atoms with E-state index in [0.29, 0.717) is 12.0 Å². The van der Waals surface area contributed by atoms with Crippen molar-refractivity contribution in [2.24, 2.45) is 5.92 Å². The Bertz CT molecular complexity index is 259. The minimum Gasteiger partial charge on any atom is -0.352 e. The first kappa shape index (κ1) is 14.2. The van der Waals surface area contributed by atoms with Gasteiger partial charge in [-0.25, -0.2) is 0 Å². The summed E-state index contributed by atoms with van der Waals surface area (Å²) in [7, 11) is 0. The molecule has 3 nitrogen and oxygen atoms in total. The van der Waals surface area contributed by atoms with Gasteiger partial charge in [0.25, 0.3) is 0 Å². The number of hydrogen-bond donors (Lipinski definition) is 2. The van der Waals surface area contributed by atoms with Crippen LogP contribution in [-0.2, 0) is 4.79 Å². The first-order valence-electron chi connectivity index (χ1n) is 7.39. The van der Waals surface area contributed by atoms with Crippen LogP contribution in [0.1, 0.15) is 45.4 Å².